The number of benzene rings is 2. The van der Waals surface area contributed by atoms with Gasteiger partial charge in [-0.05, 0) is 63.8 Å². The van der Waals surface area contributed by atoms with Crippen LogP contribution in [0, 0.1) is 13.8 Å². The first-order valence-corrected chi connectivity index (χ1v) is 7.93. The third-order valence-corrected chi connectivity index (χ3v) is 5.06. The normalized spacial score (nSPS) is 9.57. The smallest absolute Gasteiger partial charge is 0.160 e. The van der Waals surface area contributed by atoms with Crippen molar-refractivity contribution in [1.82, 2.24) is 0 Å². The minimum absolute atomic E-state index is 0.0978. The van der Waals surface area contributed by atoms with E-state index in [-0.39, 0.29) is 5.78 Å². The van der Waals surface area contributed by atoms with Gasteiger partial charge in [-0.1, -0.05) is 36.4 Å². The molecule has 2 nitrogen and oxygen atoms in total. The first-order chi connectivity index (χ1) is 9.88. The summed E-state index contributed by atoms with van der Waals surface area (Å²) in [5.41, 5.74) is 3.65. The monoisotopic (exact) mass is 410 g/mol. The summed E-state index contributed by atoms with van der Waals surface area (Å²) in [6.07, 6.45) is 0.844. The second kappa shape index (κ2) is 8.25. The van der Waals surface area contributed by atoms with E-state index in [0.29, 0.717) is 5.56 Å². The molecule has 0 heterocycles. The number of aldehydes is 1. The predicted molar refractivity (Wildman–Crippen MR) is 93.2 cm³/mol. The number of halogens is 2. The van der Waals surface area contributed by atoms with Gasteiger partial charge in [-0.15, -0.1) is 0 Å². The Bertz CT molecular complexity index is 664. The second-order valence-corrected chi connectivity index (χ2v) is 6.17. The van der Waals surface area contributed by atoms with E-state index < -0.39 is 0 Å². The molecule has 0 aliphatic heterocycles. The van der Waals surface area contributed by atoms with Crippen LogP contribution in [0.15, 0.2) is 45.3 Å². The van der Waals surface area contributed by atoms with Crippen LogP contribution in [0.3, 0.4) is 0 Å². The van der Waals surface area contributed by atoms with Gasteiger partial charge in [0.1, 0.15) is 0 Å². The van der Waals surface area contributed by atoms with E-state index in [1.165, 1.54) is 0 Å². The van der Waals surface area contributed by atoms with Gasteiger partial charge in [0.25, 0.3) is 0 Å². The second-order valence-electron chi connectivity index (χ2n) is 4.59. The van der Waals surface area contributed by atoms with Crippen molar-refractivity contribution in [3.8, 4) is 0 Å². The first kappa shape index (κ1) is 17.8. The molecule has 0 aliphatic carbocycles. The summed E-state index contributed by atoms with van der Waals surface area (Å²) in [7, 11) is 0. The van der Waals surface area contributed by atoms with Gasteiger partial charge in [0.2, 0.25) is 0 Å². The molecule has 2 aromatic rings. The number of hydrogen-bond acceptors (Lipinski definition) is 2. The molecule has 0 bridgehead atoms. The van der Waals surface area contributed by atoms with Crippen molar-refractivity contribution in [3.63, 3.8) is 0 Å². The van der Waals surface area contributed by atoms with Crippen LogP contribution in [0.2, 0.25) is 0 Å². The zero-order valence-corrected chi connectivity index (χ0v) is 15.3. The molecule has 0 atom stereocenters. The van der Waals surface area contributed by atoms with Crippen molar-refractivity contribution >= 4 is 43.9 Å². The maximum Gasteiger partial charge on any atom is 0.160 e. The summed E-state index contributed by atoms with van der Waals surface area (Å²) < 4.78 is 1.80. The Hall–Kier alpha value is -1.26. The van der Waals surface area contributed by atoms with E-state index in [4.69, 9.17) is 0 Å². The lowest BCUT2D eigenvalue weighted by Crippen LogP contribution is -1.94. The molecule has 0 N–H and O–H groups in total. The fraction of sp³-hybridized carbons (Fsp3) is 0.176. The summed E-state index contributed by atoms with van der Waals surface area (Å²) in [5.74, 6) is 0.0978. The van der Waals surface area contributed by atoms with Gasteiger partial charge >= 0.3 is 0 Å². The van der Waals surface area contributed by atoms with Crippen LogP contribution in [-0.4, -0.2) is 12.1 Å². The molecule has 0 aromatic heterocycles. The Balaban J connectivity index is 0.000000211. The molecule has 0 radical (unpaired) electrons. The lowest BCUT2D eigenvalue weighted by Gasteiger charge is -2.01. The van der Waals surface area contributed by atoms with E-state index in [1.54, 1.807) is 13.0 Å². The largest absolute Gasteiger partial charge is 0.298 e. The molecule has 0 unspecified atom stereocenters. The van der Waals surface area contributed by atoms with Gasteiger partial charge in [-0.25, -0.2) is 0 Å². The Kier molecular flexibility index (Phi) is 6.99. The summed E-state index contributed by atoms with van der Waals surface area (Å²) in [4.78, 5) is 21.3. The quantitative estimate of drug-likeness (QED) is 0.480. The van der Waals surface area contributed by atoms with Crippen molar-refractivity contribution in [2.24, 2.45) is 0 Å². The van der Waals surface area contributed by atoms with Crippen LogP contribution in [0.1, 0.15) is 38.8 Å². The van der Waals surface area contributed by atoms with Crippen LogP contribution < -0.4 is 0 Å². The summed E-state index contributed by atoms with van der Waals surface area (Å²) in [5, 5.41) is 0. The highest BCUT2D eigenvalue weighted by Gasteiger charge is 2.05. The lowest BCUT2D eigenvalue weighted by atomic mass is 10.1. The van der Waals surface area contributed by atoms with Gasteiger partial charge in [-0.3, -0.25) is 9.59 Å². The van der Waals surface area contributed by atoms with Crippen LogP contribution in [-0.2, 0) is 0 Å². The van der Waals surface area contributed by atoms with E-state index in [1.807, 2.05) is 44.2 Å². The third kappa shape index (κ3) is 4.90. The van der Waals surface area contributed by atoms with Gasteiger partial charge < -0.3 is 0 Å². The molecule has 4 heteroatoms. The number of rotatable bonds is 2. The number of hydrogen-bond donors (Lipinski definition) is 0. The maximum absolute atomic E-state index is 11.0. The SMILES string of the molecule is CC(=O)c1cccc(C)c1Br.Cc1cccc(C=O)c1Br. The average molecular weight is 412 g/mol. The Morgan fingerprint density at radius 2 is 1.48 bits per heavy atom. The van der Waals surface area contributed by atoms with E-state index in [0.717, 1.165) is 31.9 Å². The van der Waals surface area contributed by atoms with Gasteiger partial charge in [0.15, 0.2) is 12.1 Å². The fourth-order valence-electron chi connectivity index (χ4n) is 1.68. The first-order valence-electron chi connectivity index (χ1n) is 6.34. The minimum Gasteiger partial charge on any atom is -0.298 e. The number of carbonyl (C=O) groups excluding carboxylic acids is 2. The van der Waals surface area contributed by atoms with Crippen molar-refractivity contribution in [2.45, 2.75) is 20.8 Å². The molecule has 2 rings (SSSR count). The van der Waals surface area contributed by atoms with Crippen molar-refractivity contribution < 1.29 is 9.59 Å². The zero-order chi connectivity index (χ0) is 16.0. The van der Waals surface area contributed by atoms with Gasteiger partial charge in [0, 0.05) is 20.1 Å². The van der Waals surface area contributed by atoms with Crippen molar-refractivity contribution in [1.29, 1.82) is 0 Å². The van der Waals surface area contributed by atoms with Crippen LogP contribution in [0.5, 0.6) is 0 Å². The Labute approximate surface area is 141 Å². The molecular formula is C17H16Br2O2. The van der Waals surface area contributed by atoms with E-state index in [9.17, 15) is 9.59 Å². The number of Topliss-reactive ketones (excluding diaryl/α,β-unsaturated/α-hetero) is 1. The van der Waals surface area contributed by atoms with Crippen molar-refractivity contribution in [2.75, 3.05) is 0 Å². The molecule has 0 saturated heterocycles. The highest BCUT2D eigenvalue weighted by Crippen LogP contribution is 2.21. The standard InChI is InChI=1S/C9H9BrO.C8H7BrO/c1-6-4-3-5-8(7(2)11)9(6)10;1-6-3-2-4-7(5-10)8(6)9/h3-5H,1-2H3;2-5H,1H3. The third-order valence-electron chi connectivity index (χ3n) is 2.92. The molecule has 21 heavy (non-hydrogen) atoms. The average Bonchev–Trinajstić information content (AvgIpc) is 2.45. The molecular weight excluding hydrogens is 396 g/mol. The number of carbonyl (C=O) groups is 2. The van der Waals surface area contributed by atoms with Crippen molar-refractivity contribution in [3.05, 3.63) is 67.6 Å². The minimum atomic E-state index is 0.0978. The Morgan fingerprint density at radius 1 is 0.952 bits per heavy atom. The molecule has 0 amide bonds. The zero-order valence-electron chi connectivity index (χ0n) is 12.1. The Morgan fingerprint density at radius 3 is 1.90 bits per heavy atom. The van der Waals surface area contributed by atoms with Crippen LogP contribution in [0.4, 0.5) is 0 Å². The molecule has 0 saturated carbocycles. The summed E-state index contributed by atoms with van der Waals surface area (Å²) in [6.45, 7) is 5.49. The number of aryl methyl sites for hydroxylation is 2. The lowest BCUT2D eigenvalue weighted by molar-refractivity contribution is 0.101. The van der Waals surface area contributed by atoms with Crippen LogP contribution >= 0.6 is 31.9 Å². The number of ketones is 1. The predicted octanol–water partition coefficient (Wildman–Crippen LogP) is 5.53. The molecule has 110 valence electrons. The molecule has 2 aromatic carbocycles. The summed E-state index contributed by atoms with van der Waals surface area (Å²) in [6, 6.07) is 11.3. The van der Waals surface area contributed by atoms with Gasteiger partial charge in [0.05, 0.1) is 0 Å². The molecule has 0 spiro atoms. The fourth-order valence-corrected chi connectivity index (χ4v) is 2.58. The van der Waals surface area contributed by atoms with E-state index in [2.05, 4.69) is 31.9 Å². The van der Waals surface area contributed by atoms with Gasteiger partial charge in [-0.2, -0.15) is 0 Å². The molecule has 0 fully saturated rings. The van der Waals surface area contributed by atoms with Crippen LogP contribution in [0.25, 0.3) is 0 Å². The molecule has 0 aliphatic rings. The topological polar surface area (TPSA) is 34.1 Å². The van der Waals surface area contributed by atoms with E-state index >= 15 is 0 Å². The summed E-state index contributed by atoms with van der Waals surface area (Å²) >= 11 is 6.67. The highest BCUT2D eigenvalue weighted by atomic mass is 79.9. The highest BCUT2D eigenvalue weighted by molar-refractivity contribution is 9.11. The maximum atomic E-state index is 11.0.